The van der Waals surface area contributed by atoms with Crippen LogP contribution in [-0.4, -0.2) is 23.2 Å². The highest BCUT2D eigenvalue weighted by Gasteiger charge is 2.17. The van der Waals surface area contributed by atoms with Crippen LogP contribution in [0.2, 0.25) is 0 Å². The highest BCUT2D eigenvalue weighted by Crippen LogP contribution is 2.23. The van der Waals surface area contributed by atoms with E-state index in [4.69, 9.17) is 4.74 Å². The number of rotatable bonds is 7. The monoisotopic (exact) mass is 273 g/mol. The molecular weight excluding hydrogens is 250 g/mol. The van der Waals surface area contributed by atoms with Crippen molar-refractivity contribution in [3.05, 3.63) is 48.0 Å². The van der Waals surface area contributed by atoms with E-state index in [-0.39, 0.29) is 6.04 Å². The van der Waals surface area contributed by atoms with Crippen LogP contribution in [0, 0.1) is 0 Å². The Labute approximate surface area is 120 Å². The fourth-order valence-corrected chi connectivity index (χ4v) is 2.38. The largest absolute Gasteiger partial charge is 0.494 e. The van der Waals surface area contributed by atoms with Crippen molar-refractivity contribution in [3.63, 3.8) is 0 Å². The van der Waals surface area contributed by atoms with Crippen molar-refractivity contribution in [3.8, 4) is 5.75 Å². The molecule has 1 aromatic heterocycles. The number of imidazole rings is 1. The number of aryl methyl sites for hydroxylation is 1. The highest BCUT2D eigenvalue weighted by atomic mass is 16.5. The molecule has 1 atom stereocenters. The van der Waals surface area contributed by atoms with Gasteiger partial charge in [-0.15, -0.1) is 0 Å². The molecular formula is C16H23N3O. The van der Waals surface area contributed by atoms with Crippen molar-refractivity contribution in [2.75, 3.05) is 13.7 Å². The summed E-state index contributed by atoms with van der Waals surface area (Å²) in [6.07, 6.45) is 5.00. The molecule has 4 nitrogen and oxygen atoms in total. The smallest absolute Gasteiger partial charge is 0.130 e. The summed E-state index contributed by atoms with van der Waals surface area (Å²) in [5.74, 6) is 1.96. The van der Waals surface area contributed by atoms with E-state index >= 15 is 0 Å². The minimum absolute atomic E-state index is 0.104. The van der Waals surface area contributed by atoms with Gasteiger partial charge in [-0.2, -0.15) is 0 Å². The van der Waals surface area contributed by atoms with Gasteiger partial charge in [-0.3, -0.25) is 0 Å². The van der Waals surface area contributed by atoms with Crippen LogP contribution >= 0.6 is 0 Å². The molecule has 20 heavy (non-hydrogen) atoms. The maximum Gasteiger partial charge on any atom is 0.130 e. The lowest BCUT2D eigenvalue weighted by Gasteiger charge is -2.18. The van der Waals surface area contributed by atoms with E-state index in [9.17, 15) is 0 Å². The molecule has 1 heterocycles. The fraction of sp³-hybridized carbons (Fsp3) is 0.438. The van der Waals surface area contributed by atoms with Crippen LogP contribution < -0.4 is 10.1 Å². The van der Waals surface area contributed by atoms with E-state index in [2.05, 4.69) is 33.9 Å². The molecule has 2 aromatic rings. The highest BCUT2D eigenvalue weighted by molar-refractivity contribution is 5.32. The molecule has 2 rings (SSSR count). The molecule has 4 heteroatoms. The molecule has 0 amide bonds. The second-order valence-corrected chi connectivity index (χ2v) is 4.70. The molecule has 0 fully saturated rings. The average molecular weight is 273 g/mol. The molecule has 108 valence electrons. The van der Waals surface area contributed by atoms with E-state index in [1.54, 1.807) is 0 Å². The second-order valence-electron chi connectivity index (χ2n) is 4.70. The van der Waals surface area contributed by atoms with E-state index in [1.165, 1.54) is 5.56 Å². The predicted molar refractivity (Wildman–Crippen MR) is 81.0 cm³/mol. The minimum atomic E-state index is 0.104. The van der Waals surface area contributed by atoms with Crippen molar-refractivity contribution in [2.45, 2.75) is 32.9 Å². The van der Waals surface area contributed by atoms with E-state index in [0.29, 0.717) is 6.61 Å². The Kier molecular flexibility index (Phi) is 5.18. The van der Waals surface area contributed by atoms with Crippen LogP contribution in [-0.2, 0) is 6.54 Å². The average Bonchev–Trinajstić information content (AvgIpc) is 2.91. The maximum atomic E-state index is 5.49. The van der Waals surface area contributed by atoms with Gasteiger partial charge >= 0.3 is 0 Å². The molecule has 0 aliphatic carbocycles. The third-order valence-corrected chi connectivity index (χ3v) is 3.28. The van der Waals surface area contributed by atoms with Gasteiger partial charge in [0.05, 0.1) is 12.6 Å². The first-order valence-electron chi connectivity index (χ1n) is 7.21. The summed E-state index contributed by atoms with van der Waals surface area (Å²) >= 11 is 0. The molecule has 1 unspecified atom stereocenters. The van der Waals surface area contributed by atoms with Gasteiger partial charge in [-0.1, -0.05) is 19.1 Å². The summed E-state index contributed by atoms with van der Waals surface area (Å²) < 4.78 is 7.69. The SMILES string of the molecule is CCCn1ccnc1C(NC)c1ccc(OCC)cc1. The molecule has 0 saturated heterocycles. The first kappa shape index (κ1) is 14.6. The first-order valence-corrected chi connectivity index (χ1v) is 7.21. The lowest BCUT2D eigenvalue weighted by molar-refractivity contribution is 0.340. The van der Waals surface area contributed by atoms with Gasteiger partial charge in [0, 0.05) is 18.9 Å². The third kappa shape index (κ3) is 3.20. The zero-order valence-corrected chi connectivity index (χ0v) is 12.5. The van der Waals surface area contributed by atoms with E-state index < -0.39 is 0 Å². The number of hydrogen-bond donors (Lipinski definition) is 1. The molecule has 0 radical (unpaired) electrons. The van der Waals surface area contributed by atoms with Gasteiger partial charge in [0.15, 0.2) is 0 Å². The summed E-state index contributed by atoms with van der Waals surface area (Å²) in [5.41, 5.74) is 1.19. The van der Waals surface area contributed by atoms with Crippen LogP contribution in [0.5, 0.6) is 5.75 Å². The van der Waals surface area contributed by atoms with Crippen molar-refractivity contribution in [1.82, 2.24) is 14.9 Å². The zero-order chi connectivity index (χ0) is 14.4. The molecule has 0 saturated carbocycles. The van der Waals surface area contributed by atoms with Crippen molar-refractivity contribution >= 4 is 0 Å². The lowest BCUT2D eigenvalue weighted by atomic mass is 10.1. The molecule has 1 aromatic carbocycles. The summed E-state index contributed by atoms with van der Waals surface area (Å²) in [4.78, 5) is 4.51. The van der Waals surface area contributed by atoms with E-state index in [0.717, 1.165) is 24.5 Å². The number of aromatic nitrogens is 2. The van der Waals surface area contributed by atoms with Crippen molar-refractivity contribution in [1.29, 1.82) is 0 Å². The Morgan fingerprint density at radius 3 is 2.60 bits per heavy atom. The maximum absolute atomic E-state index is 5.49. The molecule has 0 spiro atoms. The first-order chi connectivity index (χ1) is 9.80. The van der Waals surface area contributed by atoms with Crippen LogP contribution in [0.15, 0.2) is 36.7 Å². The minimum Gasteiger partial charge on any atom is -0.494 e. The lowest BCUT2D eigenvalue weighted by Crippen LogP contribution is -2.22. The topological polar surface area (TPSA) is 39.1 Å². The Morgan fingerprint density at radius 1 is 1.25 bits per heavy atom. The van der Waals surface area contributed by atoms with Crippen LogP contribution in [0.4, 0.5) is 0 Å². The van der Waals surface area contributed by atoms with Crippen LogP contribution in [0.1, 0.15) is 37.7 Å². The van der Waals surface area contributed by atoms with Crippen LogP contribution in [0.25, 0.3) is 0 Å². The second kappa shape index (κ2) is 7.10. The zero-order valence-electron chi connectivity index (χ0n) is 12.5. The predicted octanol–water partition coefficient (Wildman–Crippen LogP) is 3.00. The van der Waals surface area contributed by atoms with Gasteiger partial charge < -0.3 is 14.6 Å². The van der Waals surface area contributed by atoms with Gasteiger partial charge in [0.25, 0.3) is 0 Å². The number of nitrogens with one attached hydrogen (secondary N) is 1. The Balaban J connectivity index is 2.24. The number of ether oxygens (including phenoxy) is 1. The van der Waals surface area contributed by atoms with E-state index in [1.807, 2.05) is 38.5 Å². The van der Waals surface area contributed by atoms with Gasteiger partial charge in [0.2, 0.25) is 0 Å². The summed E-state index contributed by atoms with van der Waals surface area (Å²) in [5, 5.41) is 3.35. The van der Waals surface area contributed by atoms with Crippen LogP contribution in [0.3, 0.4) is 0 Å². The summed E-state index contributed by atoms with van der Waals surface area (Å²) in [7, 11) is 1.96. The van der Waals surface area contributed by atoms with Crippen molar-refractivity contribution < 1.29 is 4.74 Å². The third-order valence-electron chi connectivity index (χ3n) is 3.28. The van der Waals surface area contributed by atoms with Gasteiger partial charge in [-0.05, 0) is 38.1 Å². The Bertz CT molecular complexity index is 519. The number of hydrogen-bond acceptors (Lipinski definition) is 3. The molecule has 0 aliphatic heterocycles. The quantitative estimate of drug-likeness (QED) is 0.843. The number of nitrogens with zero attached hydrogens (tertiary/aromatic N) is 2. The summed E-state index contributed by atoms with van der Waals surface area (Å²) in [6, 6.07) is 8.31. The normalized spacial score (nSPS) is 12.3. The van der Waals surface area contributed by atoms with Gasteiger partial charge in [0.1, 0.15) is 11.6 Å². The standard InChI is InChI=1S/C16H23N3O/c1-4-11-19-12-10-18-16(19)15(17-3)13-6-8-14(9-7-13)20-5-2/h6-10,12,15,17H,4-5,11H2,1-3H3. The Hall–Kier alpha value is -1.81. The van der Waals surface area contributed by atoms with Gasteiger partial charge in [-0.25, -0.2) is 4.98 Å². The number of benzene rings is 1. The molecule has 0 aliphatic rings. The van der Waals surface area contributed by atoms with Crippen molar-refractivity contribution in [2.24, 2.45) is 0 Å². The fourth-order valence-electron chi connectivity index (χ4n) is 2.38. The Morgan fingerprint density at radius 2 is 2.00 bits per heavy atom. The molecule has 0 bridgehead atoms. The molecule has 1 N–H and O–H groups in total. The summed E-state index contributed by atoms with van der Waals surface area (Å²) in [6.45, 7) is 5.85.